The second-order valence-electron chi connectivity index (χ2n) is 6.89. The zero-order valence-corrected chi connectivity index (χ0v) is 15.7. The highest BCUT2D eigenvalue weighted by atomic mass is 16.2. The topological polar surface area (TPSA) is 56.1 Å². The van der Waals surface area contributed by atoms with Gasteiger partial charge in [0.25, 0.3) is 0 Å². The highest BCUT2D eigenvalue weighted by Crippen LogP contribution is 2.24. The van der Waals surface area contributed by atoms with Gasteiger partial charge in [0.1, 0.15) is 0 Å². The van der Waals surface area contributed by atoms with Gasteiger partial charge in [0.2, 0.25) is 5.91 Å². The lowest BCUT2D eigenvalue weighted by Gasteiger charge is -2.25. The van der Waals surface area contributed by atoms with Crippen molar-refractivity contribution in [1.29, 1.82) is 5.26 Å². The lowest BCUT2D eigenvalue weighted by molar-refractivity contribution is -0.123. The number of benzene rings is 1. The fourth-order valence-electron chi connectivity index (χ4n) is 2.70. The molecule has 0 bridgehead atoms. The van der Waals surface area contributed by atoms with E-state index in [0.29, 0.717) is 31.3 Å². The molecule has 0 radical (unpaired) electrons. The second kappa shape index (κ2) is 10.1. The van der Waals surface area contributed by atoms with Crippen LogP contribution >= 0.6 is 0 Å². The van der Waals surface area contributed by atoms with E-state index in [2.05, 4.69) is 63.3 Å². The Hall–Kier alpha value is -1.86. The van der Waals surface area contributed by atoms with Gasteiger partial charge in [-0.25, -0.2) is 0 Å². The predicted molar refractivity (Wildman–Crippen MR) is 98.6 cm³/mol. The molecule has 0 saturated carbocycles. The molecule has 0 saturated heterocycles. The summed E-state index contributed by atoms with van der Waals surface area (Å²) in [5, 5.41) is 11.9. The molecule has 0 heterocycles. The Morgan fingerprint density at radius 3 is 2.21 bits per heavy atom. The van der Waals surface area contributed by atoms with Gasteiger partial charge >= 0.3 is 0 Å². The number of nitriles is 1. The van der Waals surface area contributed by atoms with Crippen molar-refractivity contribution in [3.8, 4) is 6.07 Å². The monoisotopic (exact) mass is 329 g/mol. The van der Waals surface area contributed by atoms with E-state index in [1.165, 1.54) is 5.56 Å². The van der Waals surface area contributed by atoms with E-state index in [9.17, 15) is 4.79 Å². The molecule has 1 rings (SSSR count). The molecule has 0 aliphatic rings. The van der Waals surface area contributed by atoms with Crippen molar-refractivity contribution >= 4 is 5.91 Å². The van der Waals surface area contributed by atoms with Crippen molar-refractivity contribution in [2.45, 2.75) is 53.0 Å². The molecule has 1 atom stereocenters. The lowest BCUT2D eigenvalue weighted by Crippen LogP contribution is -2.40. The molecule has 1 N–H and O–H groups in total. The third-order valence-corrected chi connectivity index (χ3v) is 4.30. The maximum absolute atomic E-state index is 12.4. The van der Waals surface area contributed by atoms with E-state index in [4.69, 9.17) is 5.26 Å². The number of nitrogens with one attached hydrogen (secondary N) is 1. The lowest BCUT2D eigenvalue weighted by atomic mass is 9.93. The minimum absolute atomic E-state index is 0.00776. The first kappa shape index (κ1) is 20.2. The van der Waals surface area contributed by atoms with Crippen LogP contribution in [0.25, 0.3) is 0 Å². The first-order valence-corrected chi connectivity index (χ1v) is 8.87. The Labute approximate surface area is 146 Å². The number of rotatable bonds is 9. The quantitative estimate of drug-likeness (QED) is 0.748. The van der Waals surface area contributed by atoms with Crippen molar-refractivity contribution in [3.05, 3.63) is 35.4 Å². The molecule has 0 aliphatic carbocycles. The van der Waals surface area contributed by atoms with Crippen LogP contribution in [0.5, 0.6) is 0 Å². The van der Waals surface area contributed by atoms with Gasteiger partial charge < -0.3 is 5.32 Å². The number of hydrogen-bond donors (Lipinski definition) is 1. The molecule has 0 spiro atoms. The molecule has 4 heteroatoms. The summed E-state index contributed by atoms with van der Waals surface area (Å²) in [6.45, 7) is 12.3. The molecule has 1 aromatic rings. The normalized spacial score (nSPS) is 12.5. The number of carbonyl (C=O) groups is 1. The zero-order chi connectivity index (χ0) is 18.1. The fraction of sp³-hybridized carbons (Fsp3) is 0.600. The smallest absolute Gasteiger partial charge is 0.234 e. The molecule has 24 heavy (non-hydrogen) atoms. The Morgan fingerprint density at radius 2 is 1.75 bits per heavy atom. The predicted octanol–water partition coefficient (Wildman–Crippen LogP) is 3.86. The first-order valence-electron chi connectivity index (χ1n) is 8.87. The molecule has 0 fully saturated rings. The van der Waals surface area contributed by atoms with Crippen LogP contribution < -0.4 is 5.32 Å². The van der Waals surface area contributed by atoms with Crippen LogP contribution in [0.15, 0.2) is 24.3 Å². The first-order chi connectivity index (χ1) is 11.4. The van der Waals surface area contributed by atoms with E-state index >= 15 is 0 Å². The maximum Gasteiger partial charge on any atom is 0.234 e. The average molecular weight is 329 g/mol. The summed E-state index contributed by atoms with van der Waals surface area (Å²) in [4.78, 5) is 14.4. The summed E-state index contributed by atoms with van der Waals surface area (Å²) in [5.41, 5.74) is 2.45. The van der Waals surface area contributed by atoms with Crippen LogP contribution in [0.2, 0.25) is 0 Å². The molecular weight excluding hydrogens is 298 g/mol. The number of carbonyl (C=O) groups excluding carboxylic acids is 1. The van der Waals surface area contributed by atoms with Crippen LogP contribution in [0.1, 0.15) is 64.1 Å². The summed E-state index contributed by atoms with van der Waals surface area (Å²) >= 11 is 0. The largest absolute Gasteiger partial charge is 0.348 e. The summed E-state index contributed by atoms with van der Waals surface area (Å²) in [6.07, 6.45) is 0.450. The van der Waals surface area contributed by atoms with Crippen LogP contribution in [-0.2, 0) is 4.79 Å². The van der Waals surface area contributed by atoms with E-state index < -0.39 is 0 Å². The van der Waals surface area contributed by atoms with E-state index in [1.54, 1.807) is 0 Å². The van der Waals surface area contributed by atoms with E-state index in [0.717, 1.165) is 12.1 Å². The molecule has 4 nitrogen and oxygen atoms in total. The number of hydrogen-bond acceptors (Lipinski definition) is 3. The fourth-order valence-corrected chi connectivity index (χ4v) is 2.70. The van der Waals surface area contributed by atoms with Gasteiger partial charge in [-0.1, -0.05) is 58.9 Å². The number of nitrogens with zero attached hydrogens (tertiary/aromatic N) is 2. The van der Waals surface area contributed by atoms with Crippen molar-refractivity contribution in [2.75, 3.05) is 19.6 Å². The SMILES string of the molecule is CCN(CCC#N)CC(=O)N[C@H](c1ccc(C(C)C)cc1)C(C)C. The van der Waals surface area contributed by atoms with Gasteiger partial charge in [0, 0.05) is 13.0 Å². The van der Waals surface area contributed by atoms with Crippen LogP contribution in [0.3, 0.4) is 0 Å². The summed E-state index contributed by atoms with van der Waals surface area (Å²) in [7, 11) is 0. The van der Waals surface area contributed by atoms with Crippen molar-refractivity contribution < 1.29 is 4.79 Å². The van der Waals surface area contributed by atoms with E-state index in [-0.39, 0.29) is 11.9 Å². The summed E-state index contributed by atoms with van der Waals surface area (Å²) in [6, 6.07) is 10.7. The summed E-state index contributed by atoms with van der Waals surface area (Å²) < 4.78 is 0. The van der Waals surface area contributed by atoms with Crippen LogP contribution in [-0.4, -0.2) is 30.4 Å². The van der Waals surface area contributed by atoms with Gasteiger partial charge in [-0.15, -0.1) is 0 Å². The standard InChI is InChI=1S/C20H31N3O/c1-6-23(13-7-12-21)14-19(24)22-20(16(4)5)18-10-8-17(9-11-18)15(2)3/h8-11,15-16,20H,6-7,13-14H2,1-5H3,(H,22,24)/t20-/m0/s1. The van der Waals surface area contributed by atoms with Gasteiger partial charge in [-0.2, -0.15) is 5.26 Å². The highest BCUT2D eigenvalue weighted by Gasteiger charge is 2.19. The minimum Gasteiger partial charge on any atom is -0.348 e. The summed E-state index contributed by atoms with van der Waals surface area (Å²) in [5.74, 6) is 0.832. The Bertz CT molecular complexity index is 543. The third kappa shape index (κ3) is 6.33. The Balaban J connectivity index is 2.75. The number of amides is 1. The molecule has 1 aromatic carbocycles. The Morgan fingerprint density at radius 1 is 1.17 bits per heavy atom. The van der Waals surface area contributed by atoms with E-state index in [1.807, 2.05) is 11.8 Å². The van der Waals surface area contributed by atoms with Gasteiger partial charge in [0.05, 0.1) is 18.7 Å². The molecule has 0 aliphatic heterocycles. The van der Waals surface area contributed by atoms with Crippen molar-refractivity contribution in [3.63, 3.8) is 0 Å². The zero-order valence-electron chi connectivity index (χ0n) is 15.7. The second-order valence-corrected chi connectivity index (χ2v) is 6.89. The molecule has 0 unspecified atom stereocenters. The molecule has 132 valence electrons. The van der Waals surface area contributed by atoms with Crippen molar-refractivity contribution in [2.24, 2.45) is 5.92 Å². The molecule has 1 amide bonds. The van der Waals surface area contributed by atoms with Crippen LogP contribution in [0.4, 0.5) is 0 Å². The van der Waals surface area contributed by atoms with Crippen molar-refractivity contribution in [1.82, 2.24) is 10.2 Å². The Kier molecular flexibility index (Phi) is 8.49. The van der Waals surface area contributed by atoms with Crippen LogP contribution in [0, 0.1) is 17.2 Å². The molecule has 0 aromatic heterocycles. The maximum atomic E-state index is 12.4. The minimum atomic E-state index is 0.00776. The third-order valence-electron chi connectivity index (χ3n) is 4.30. The highest BCUT2D eigenvalue weighted by molar-refractivity contribution is 5.78. The van der Waals surface area contributed by atoms with Gasteiger partial charge in [-0.05, 0) is 29.5 Å². The number of likely N-dealkylation sites (N-methyl/N-ethyl adjacent to an activating group) is 1. The molecular formula is C20H31N3O. The average Bonchev–Trinajstić information content (AvgIpc) is 2.56. The van der Waals surface area contributed by atoms with Gasteiger partial charge in [-0.3, -0.25) is 9.69 Å². The van der Waals surface area contributed by atoms with Gasteiger partial charge in [0.15, 0.2) is 0 Å².